The van der Waals surface area contributed by atoms with Gasteiger partial charge in [-0.1, -0.05) is 18.9 Å². The first-order valence-electron chi connectivity index (χ1n) is 5.66. The molecule has 1 aromatic carbocycles. The number of benzene rings is 1. The quantitative estimate of drug-likeness (QED) is 0.708. The Hall–Kier alpha value is -1.27. The van der Waals surface area contributed by atoms with Gasteiger partial charge in [0.15, 0.2) is 0 Å². The molecule has 1 aliphatic carbocycles. The Kier molecular flexibility index (Phi) is 3.26. The van der Waals surface area contributed by atoms with Crippen LogP contribution in [0.1, 0.15) is 25.7 Å². The summed E-state index contributed by atoms with van der Waals surface area (Å²) >= 11 is 0. The lowest BCUT2D eigenvalue weighted by Crippen LogP contribution is -2.18. The van der Waals surface area contributed by atoms with E-state index in [2.05, 4.69) is 5.32 Å². The summed E-state index contributed by atoms with van der Waals surface area (Å²) in [5.41, 5.74) is 6.69. The molecule has 0 saturated heterocycles. The van der Waals surface area contributed by atoms with Gasteiger partial charge in [0.2, 0.25) is 10.0 Å². The molecule has 1 aliphatic rings. The number of hydrogen-bond acceptors (Lipinski definition) is 4. The summed E-state index contributed by atoms with van der Waals surface area (Å²) in [7, 11) is -3.75. The number of hydrogen-bond donors (Lipinski definition) is 3. The number of sulfonamides is 1. The number of para-hydroxylation sites is 1. The van der Waals surface area contributed by atoms with Gasteiger partial charge >= 0.3 is 0 Å². The molecule has 0 atom stereocenters. The Morgan fingerprint density at radius 3 is 2.47 bits per heavy atom. The number of nitrogens with one attached hydrogen (secondary N) is 1. The van der Waals surface area contributed by atoms with E-state index in [-0.39, 0.29) is 10.6 Å². The van der Waals surface area contributed by atoms with Crippen LogP contribution in [0.25, 0.3) is 0 Å². The van der Waals surface area contributed by atoms with Gasteiger partial charge in [-0.15, -0.1) is 0 Å². The molecule has 0 unspecified atom stereocenters. The van der Waals surface area contributed by atoms with Crippen LogP contribution in [0.5, 0.6) is 0 Å². The first kappa shape index (κ1) is 12.2. The third-order valence-corrected chi connectivity index (χ3v) is 4.06. The Morgan fingerprint density at radius 1 is 1.24 bits per heavy atom. The molecule has 5 N–H and O–H groups in total. The molecule has 94 valence electrons. The first-order chi connectivity index (χ1) is 7.98. The van der Waals surface area contributed by atoms with Gasteiger partial charge in [0, 0.05) is 6.04 Å². The molecular formula is C11H17N3O2S. The standard InChI is InChI=1S/C11H17N3O2S/c12-11-9(14-8-4-1-2-5-8)6-3-7-10(11)17(13,15)16/h3,6-8,14H,1-2,4-5,12H2,(H2,13,15,16). The number of nitrogens with two attached hydrogens (primary N) is 2. The zero-order valence-electron chi connectivity index (χ0n) is 9.52. The molecule has 0 aromatic heterocycles. The van der Waals surface area contributed by atoms with Crippen molar-refractivity contribution in [3.05, 3.63) is 18.2 Å². The predicted octanol–water partition coefficient (Wildman–Crippen LogP) is 1.27. The zero-order valence-corrected chi connectivity index (χ0v) is 10.3. The summed E-state index contributed by atoms with van der Waals surface area (Å²) in [5.74, 6) is 0. The fourth-order valence-electron chi connectivity index (χ4n) is 2.21. The molecule has 0 heterocycles. The Balaban J connectivity index is 2.29. The maximum atomic E-state index is 11.3. The minimum Gasteiger partial charge on any atom is -0.396 e. The summed E-state index contributed by atoms with van der Waals surface area (Å²) in [4.78, 5) is -0.0134. The number of rotatable bonds is 3. The van der Waals surface area contributed by atoms with Crippen molar-refractivity contribution < 1.29 is 8.42 Å². The molecule has 0 radical (unpaired) electrons. The van der Waals surface area contributed by atoms with Crippen LogP contribution in [0.15, 0.2) is 23.1 Å². The minimum absolute atomic E-state index is 0.0134. The Morgan fingerprint density at radius 2 is 1.88 bits per heavy atom. The van der Waals surface area contributed by atoms with E-state index >= 15 is 0 Å². The second kappa shape index (κ2) is 4.54. The molecule has 17 heavy (non-hydrogen) atoms. The average molecular weight is 255 g/mol. The molecule has 1 aromatic rings. The maximum Gasteiger partial charge on any atom is 0.240 e. The van der Waals surface area contributed by atoms with E-state index in [0.717, 1.165) is 12.8 Å². The highest BCUT2D eigenvalue weighted by Crippen LogP contribution is 2.29. The van der Waals surface area contributed by atoms with E-state index in [0.29, 0.717) is 11.7 Å². The van der Waals surface area contributed by atoms with E-state index in [1.807, 2.05) is 0 Å². The van der Waals surface area contributed by atoms with Gasteiger partial charge in [-0.2, -0.15) is 0 Å². The fraction of sp³-hybridized carbons (Fsp3) is 0.455. The van der Waals surface area contributed by atoms with Crippen molar-refractivity contribution in [2.75, 3.05) is 11.1 Å². The number of primary sulfonamides is 1. The van der Waals surface area contributed by atoms with Crippen molar-refractivity contribution >= 4 is 21.4 Å². The molecular weight excluding hydrogens is 238 g/mol. The molecule has 0 aliphatic heterocycles. The van der Waals surface area contributed by atoms with Crippen molar-refractivity contribution in [3.8, 4) is 0 Å². The van der Waals surface area contributed by atoms with Crippen LogP contribution in [0.2, 0.25) is 0 Å². The zero-order chi connectivity index (χ0) is 12.5. The lowest BCUT2D eigenvalue weighted by atomic mass is 10.2. The Labute approximate surface area is 101 Å². The predicted molar refractivity (Wildman–Crippen MR) is 68.1 cm³/mol. The highest BCUT2D eigenvalue weighted by atomic mass is 32.2. The molecule has 2 rings (SSSR count). The smallest absolute Gasteiger partial charge is 0.240 e. The third kappa shape index (κ3) is 2.70. The molecule has 1 saturated carbocycles. The van der Waals surface area contributed by atoms with E-state index in [9.17, 15) is 8.42 Å². The van der Waals surface area contributed by atoms with Gasteiger partial charge in [0.05, 0.1) is 11.4 Å². The number of anilines is 2. The van der Waals surface area contributed by atoms with Crippen molar-refractivity contribution in [2.24, 2.45) is 5.14 Å². The first-order valence-corrected chi connectivity index (χ1v) is 7.21. The third-order valence-electron chi connectivity index (χ3n) is 3.09. The van der Waals surface area contributed by atoms with Gasteiger partial charge in [0.25, 0.3) is 0 Å². The fourth-order valence-corrected chi connectivity index (χ4v) is 2.89. The molecule has 0 bridgehead atoms. The van der Waals surface area contributed by atoms with E-state index < -0.39 is 10.0 Å². The average Bonchev–Trinajstić information content (AvgIpc) is 2.72. The van der Waals surface area contributed by atoms with Crippen molar-refractivity contribution in [3.63, 3.8) is 0 Å². The highest BCUT2D eigenvalue weighted by Gasteiger charge is 2.18. The highest BCUT2D eigenvalue weighted by molar-refractivity contribution is 7.89. The van der Waals surface area contributed by atoms with Gasteiger partial charge in [0.1, 0.15) is 4.90 Å². The summed E-state index contributed by atoms with van der Waals surface area (Å²) in [6.07, 6.45) is 4.59. The number of nitrogen functional groups attached to an aromatic ring is 1. The maximum absolute atomic E-state index is 11.3. The van der Waals surface area contributed by atoms with Crippen LogP contribution in [-0.2, 0) is 10.0 Å². The SMILES string of the molecule is Nc1c(NC2CCCC2)cccc1S(N)(=O)=O. The van der Waals surface area contributed by atoms with Crippen molar-refractivity contribution in [2.45, 2.75) is 36.6 Å². The summed E-state index contributed by atoms with van der Waals surface area (Å²) < 4.78 is 22.6. The van der Waals surface area contributed by atoms with Gasteiger partial charge in [-0.25, -0.2) is 13.6 Å². The summed E-state index contributed by atoms with van der Waals surface area (Å²) in [6, 6.07) is 5.23. The molecule has 6 heteroatoms. The normalized spacial score (nSPS) is 17.2. The molecule has 0 spiro atoms. The van der Waals surface area contributed by atoms with Crippen LogP contribution in [0.3, 0.4) is 0 Å². The van der Waals surface area contributed by atoms with Crippen LogP contribution in [0, 0.1) is 0 Å². The van der Waals surface area contributed by atoms with Gasteiger partial charge in [-0.3, -0.25) is 0 Å². The van der Waals surface area contributed by atoms with Crippen LogP contribution in [0.4, 0.5) is 11.4 Å². The van der Waals surface area contributed by atoms with Gasteiger partial charge in [-0.05, 0) is 25.0 Å². The van der Waals surface area contributed by atoms with Crippen molar-refractivity contribution in [1.82, 2.24) is 0 Å². The van der Waals surface area contributed by atoms with E-state index in [1.54, 1.807) is 12.1 Å². The van der Waals surface area contributed by atoms with E-state index in [4.69, 9.17) is 10.9 Å². The second-order valence-corrected chi connectivity index (χ2v) is 5.92. The van der Waals surface area contributed by atoms with Crippen LogP contribution >= 0.6 is 0 Å². The topological polar surface area (TPSA) is 98.2 Å². The molecule has 5 nitrogen and oxygen atoms in total. The minimum atomic E-state index is -3.75. The Bertz CT molecular complexity index is 507. The summed E-state index contributed by atoms with van der Waals surface area (Å²) in [5, 5.41) is 8.38. The molecule has 1 fully saturated rings. The lowest BCUT2D eigenvalue weighted by molar-refractivity contribution is 0.598. The van der Waals surface area contributed by atoms with Crippen molar-refractivity contribution in [1.29, 1.82) is 0 Å². The van der Waals surface area contributed by atoms with Crippen LogP contribution in [-0.4, -0.2) is 14.5 Å². The lowest BCUT2D eigenvalue weighted by Gasteiger charge is -2.16. The van der Waals surface area contributed by atoms with Gasteiger partial charge < -0.3 is 11.1 Å². The van der Waals surface area contributed by atoms with Crippen LogP contribution < -0.4 is 16.2 Å². The largest absolute Gasteiger partial charge is 0.396 e. The molecule has 0 amide bonds. The van der Waals surface area contributed by atoms with E-state index in [1.165, 1.54) is 18.9 Å². The monoisotopic (exact) mass is 255 g/mol. The summed E-state index contributed by atoms with van der Waals surface area (Å²) in [6.45, 7) is 0. The second-order valence-electron chi connectivity index (χ2n) is 4.39.